The highest BCUT2D eigenvalue weighted by molar-refractivity contribution is 7.12. The molecule has 0 saturated carbocycles. The SMILES string of the molecule is O=C(CN1CCN(C(=O)c2cccs2)CC1)c1ccc2c(c1)CCCC2. The zero-order valence-electron chi connectivity index (χ0n) is 14.9. The lowest BCUT2D eigenvalue weighted by Crippen LogP contribution is -2.49. The number of benzene rings is 1. The van der Waals surface area contributed by atoms with E-state index in [1.807, 2.05) is 28.5 Å². The molecule has 2 aliphatic rings. The van der Waals surface area contributed by atoms with Crippen molar-refractivity contribution in [3.63, 3.8) is 0 Å². The van der Waals surface area contributed by atoms with Crippen LogP contribution in [0.4, 0.5) is 0 Å². The molecule has 0 bridgehead atoms. The summed E-state index contributed by atoms with van der Waals surface area (Å²) < 4.78 is 0. The Hall–Kier alpha value is -1.98. The number of hydrogen-bond acceptors (Lipinski definition) is 4. The van der Waals surface area contributed by atoms with E-state index in [-0.39, 0.29) is 11.7 Å². The number of amides is 1. The molecule has 1 saturated heterocycles. The van der Waals surface area contributed by atoms with Gasteiger partial charge in [0.2, 0.25) is 0 Å². The summed E-state index contributed by atoms with van der Waals surface area (Å²) in [6, 6.07) is 10.0. The Balaban J connectivity index is 1.33. The molecule has 136 valence electrons. The van der Waals surface area contributed by atoms with Gasteiger partial charge in [0.05, 0.1) is 11.4 Å². The first-order valence-corrected chi connectivity index (χ1v) is 10.3. The van der Waals surface area contributed by atoms with E-state index in [1.54, 1.807) is 0 Å². The number of fused-ring (bicyclic) bond motifs is 1. The van der Waals surface area contributed by atoms with Crippen LogP contribution in [-0.4, -0.2) is 54.2 Å². The highest BCUT2D eigenvalue weighted by Gasteiger charge is 2.24. The lowest BCUT2D eigenvalue weighted by Gasteiger charge is -2.34. The molecule has 0 radical (unpaired) electrons. The van der Waals surface area contributed by atoms with Gasteiger partial charge in [-0.3, -0.25) is 14.5 Å². The number of piperazine rings is 1. The van der Waals surface area contributed by atoms with E-state index >= 15 is 0 Å². The topological polar surface area (TPSA) is 40.6 Å². The van der Waals surface area contributed by atoms with E-state index in [2.05, 4.69) is 17.0 Å². The molecule has 1 aliphatic carbocycles. The standard InChI is InChI=1S/C21H24N2O2S/c24-19(18-8-7-16-4-1-2-5-17(16)14-18)15-22-9-11-23(12-10-22)21(25)20-6-3-13-26-20/h3,6-8,13-14H,1-2,4-5,9-12,15H2. The minimum atomic E-state index is 0.112. The van der Waals surface area contributed by atoms with Gasteiger partial charge in [-0.1, -0.05) is 18.2 Å². The van der Waals surface area contributed by atoms with Crippen molar-refractivity contribution in [2.75, 3.05) is 32.7 Å². The van der Waals surface area contributed by atoms with Gasteiger partial charge in [-0.05, 0) is 54.3 Å². The van der Waals surface area contributed by atoms with Crippen molar-refractivity contribution in [1.29, 1.82) is 0 Å². The average Bonchev–Trinajstić information content (AvgIpc) is 3.22. The fourth-order valence-electron chi connectivity index (χ4n) is 3.87. The van der Waals surface area contributed by atoms with Gasteiger partial charge in [-0.25, -0.2) is 0 Å². The molecule has 4 nitrogen and oxygen atoms in total. The third kappa shape index (κ3) is 3.74. The molecule has 0 spiro atoms. The van der Waals surface area contributed by atoms with E-state index in [0.717, 1.165) is 36.4 Å². The predicted octanol–water partition coefficient (Wildman–Crippen LogP) is 3.27. The Morgan fingerprint density at radius 3 is 2.46 bits per heavy atom. The number of ketones is 1. The predicted molar refractivity (Wildman–Crippen MR) is 104 cm³/mol. The molecule has 4 rings (SSSR count). The van der Waals surface area contributed by atoms with Gasteiger partial charge in [0.15, 0.2) is 5.78 Å². The second-order valence-electron chi connectivity index (χ2n) is 7.16. The number of hydrogen-bond donors (Lipinski definition) is 0. The van der Waals surface area contributed by atoms with Crippen molar-refractivity contribution in [3.8, 4) is 0 Å². The number of carbonyl (C=O) groups excluding carboxylic acids is 2. The zero-order valence-corrected chi connectivity index (χ0v) is 15.8. The third-order valence-corrected chi connectivity index (χ3v) is 6.29. The summed E-state index contributed by atoms with van der Waals surface area (Å²) in [5.74, 6) is 0.303. The van der Waals surface area contributed by atoms with Crippen LogP contribution in [0.3, 0.4) is 0 Å². The smallest absolute Gasteiger partial charge is 0.264 e. The van der Waals surface area contributed by atoms with Crippen LogP contribution < -0.4 is 0 Å². The van der Waals surface area contributed by atoms with Gasteiger partial charge in [-0.2, -0.15) is 0 Å². The number of thiophene rings is 1. The van der Waals surface area contributed by atoms with Gasteiger partial charge in [0, 0.05) is 31.7 Å². The minimum Gasteiger partial charge on any atom is -0.335 e. The highest BCUT2D eigenvalue weighted by Crippen LogP contribution is 2.22. The normalized spacial score (nSPS) is 17.8. The zero-order chi connectivity index (χ0) is 17.9. The highest BCUT2D eigenvalue weighted by atomic mass is 32.1. The first-order chi connectivity index (χ1) is 12.7. The average molecular weight is 369 g/mol. The number of aryl methyl sites for hydroxylation is 2. The first-order valence-electron chi connectivity index (χ1n) is 9.41. The maximum atomic E-state index is 12.7. The Kier molecular flexibility index (Phi) is 5.18. The van der Waals surface area contributed by atoms with Crippen LogP contribution in [0.15, 0.2) is 35.7 Å². The molecule has 0 unspecified atom stereocenters. The van der Waals surface area contributed by atoms with Gasteiger partial charge < -0.3 is 4.90 Å². The molecular formula is C21H24N2O2S. The Morgan fingerprint density at radius 1 is 0.962 bits per heavy atom. The van der Waals surface area contributed by atoms with Crippen molar-refractivity contribution in [2.24, 2.45) is 0 Å². The number of Topliss-reactive ketones (excluding diaryl/α,β-unsaturated/α-hetero) is 1. The summed E-state index contributed by atoms with van der Waals surface area (Å²) in [5.41, 5.74) is 3.60. The molecule has 1 aromatic carbocycles. The summed E-state index contributed by atoms with van der Waals surface area (Å²) in [6.45, 7) is 3.34. The fourth-order valence-corrected chi connectivity index (χ4v) is 4.56. The molecular weight excluding hydrogens is 344 g/mol. The van der Waals surface area contributed by atoms with Crippen LogP contribution in [-0.2, 0) is 12.8 Å². The molecule has 2 aromatic rings. The molecule has 1 aromatic heterocycles. The molecule has 0 N–H and O–H groups in total. The van der Waals surface area contributed by atoms with E-state index in [0.29, 0.717) is 19.6 Å². The van der Waals surface area contributed by atoms with Crippen LogP contribution in [0.25, 0.3) is 0 Å². The minimum absolute atomic E-state index is 0.112. The lowest BCUT2D eigenvalue weighted by atomic mass is 9.90. The van der Waals surface area contributed by atoms with Crippen molar-refractivity contribution >= 4 is 23.0 Å². The van der Waals surface area contributed by atoms with E-state index in [9.17, 15) is 9.59 Å². The van der Waals surface area contributed by atoms with E-state index in [1.165, 1.54) is 35.3 Å². The van der Waals surface area contributed by atoms with Crippen LogP contribution >= 0.6 is 11.3 Å². The van der Waals surface area contributed by atoms with Gasteiger partial charge in [0.1, 0.15) is 0 Å². The second-order valence-corrected chi connectivity index (χ2v) is 8.11. The Bertz CT molecular complexity index is 792. The summed E-state index contributed by atoms with van der Waals surface area (Å²) in [5, 5.41) is 1.93. The Labute approximate surface area is 158 Å². The van der Waals surface area contributed by atoms with Crippen molar-refractivity contribution < 1.29 is 9.59 Å². The van der Waals surface area contributed by atoms with Gasteiger partial charge in [-0.15, -0.1) is 11.3 Å². The van der Waals surface area contributed by atoms with Gasteiger partial charge in [0.25, 0.3) is 5.91 Å². The summed E-state index contributed by atoms with van der Waals surface area (Å²) >= 11 is 1.49. The summed E-state index contributed by atoms with van der Waals surface area (Å²) in [7, 11) is 0. The molecule has 1 aliphatic heterocycles. The van der Waals surface area contributed by atoms with Crippen LogP contribution in [0.1, 0.15) is 44.0 Å². The number of carbonyl (C=O) groups is 2. The van der Waals surface area contributed by atoms with Crippen LogP contribution in [0.2, 0.25) is 0 Å². The quantitative estimate of drug-likeness (QED) is 0.778. The second kappa shape index (κ2) is 7.72. The monoisotopic (exact) mass is 368 g/mol. The largest absolute Gasteiger partial charge is 0.335 e. The molecule has 1 fully saturated rings. The molecule has 5 heteroatoms. The first kappa shape index (κ1) is 17.4. The fraction of sp³-hybridized carbons (Fsp3) is 0.429. The van der Waals surface area contributed by atoms with Gasteiger partial charge >= 0.3 is 0 Å². The number of nitrogens with zero attached hydrogens (tertiary/aromatic N) is 2. The van der Waals surface area contributed by atoms with Crippen LogP contribution in [0.5, 0.6) is 0 Å². The van der Waals surface area contributed by atoms with Crippen molar-refractivity contribution in [3.05, 3.63) is 57.3 Å². The number of rotatable bonds is 4. The van der Waals surface area contributed by atoms with E-state index in [4.69, 9.17) is 0 Å². The molecule has 2 heterocycles. The van der Waals surface area contributed by atoms with E-state index < -0.39 is 0 Å². The van der Waals surface area contributed by atoms with Crippen molar-refractivity contribution in [2.45, 2.75) is 25.7 Å². The summed E-state index contributed by atoms with van der Waals surface area (Å²) in [4.78, 5) is 29.9. The maximum absolute atomic E-state index is 12.7. The molecule has 1 amide bonds. The summed E-state index contributed by atoms with van der Waals surface area (Å²) in [6.07, 6.45) is 4.73. The maximum Gasteiger partial charge on any atom is 0.264 e. The third-order valence-electron chi connectivity index (χ3n) is 5.43. The van der Waals surface area contributed by atoms with Crippen molar-refractivity contribution in [1.82, 2.24) is 9.80 Å². The molecule has 26 heavy (non-hydrogen) atoms. The van der Waals surface area contributed by atoms with Crippen LogP contribution in [0, 0.1) is 0 Å². The molecule has 0 atom stereocenters. The Morgan fingerprint density at radius 2 is 1.73 bits per heavy atom. The lowest BCUT2D eigenvalue weighted by molar-refractivity contribution is 0.0628.